The van der Waals surface area contributed by atoms with Gasteiger partial charge in [-0.3, -0.25) is 9.69 Å². The SMILES string of the molecule is NC[C@@H]1CN(CC(=O)NCC2CCCCC2)C[C@H]1c1ccccc1. The molecule has 0 unspecified atom stereocenters. The summed E-state index contributed by atoms with van der Waals surface area (Å²) in [6, 6.07) is 10.6. The Hall–Kier alpha value is -1.39. The molecule has 1 heterocycles. The predicted octanol–water partition coefficient (Wildman–Crippen LogP) is 2.36. The van der Waals surface area contributed by atoms with Crippen LogP contribution in [0.4, 0.5) is 0 Å². The molecule has 0 radical (unpaired) electrons. The highest BCUT2D eigenvalue weighted by Crippen LogP contribution is 2.31. The smallest absolute Gasteiger partial charge is 0.234 e. The Labute approximate surface area is 145 Å². The summed E-state index contributed by atoms with van der Waals surface area (Å²) in [6.45, 7) is 3.90. The van der Waals surface area contributed by atoms with Crippen molar-refractivity contribution < 1.29 is 4.79 Å². The summed E-state index contributed by atoms with van der Waals surface area (Å²) >= 11 is 0. The molecule has 0 bridgehead atoms. The molecular weight excluding hydrogens is 298 g/mol. The van der Waals surface area contributed by atoms with Gasteiger partial charge >= 0.3 is 0 Å². The van der Waals surface area contributed by atoms with Gasteiger partial charge in [-0.2, -0.15) is 0 Å². The second-order valence-corrected chi connectivity index (χ2v) is 7.52. The van der Waals surface area contributed by atoms with E-state index in [0.29, 0.717) is 30.8 Å². The van der Waals surface area contributed by atoms with Gasteiger partial charge in [-0.15, -0.1) is 0 Å². The molecule has 1 amide bonds. The van der Waals surface area contributed by atoms with Crippen LogP contribution in [0.5, 0.6) is 0 Å². The highest BCUT2D eigenvalue weighted by molar-refractivity contribution is 5.78. The summed E-state index contributed by atoms with van der Waals surface area (Å²) in [5.41, 5.74) is 7.33. The van der Waals surface area contributed by atoms with E-state index in [-0.39, 0.29) is 5.91 Å². The van der Waals surface area contributed by atoms with E-state index >= 15 is 0 Å². The molecule has 1 aliphatic carbocycles. The summed E-state index contributed by atoms with van der Waals surface area (Å²) < 4.78 is 0. The normalized spacial score (nSPS) is 25.7. The summed E-state index contributed by atoms with van der Waals surface area (Å²) in [7, 11) is 0. The van der Waals surface area contributed by atoms with Crippen molar-refractivity contribution in [1.29, 1.82) is 0 Å². The van der Waals surface area contributed by atoms with Crippen LogP contribution in [0.25, 0.3) is 0 Å². The maximum atomic E-state index is 12.3. The molecule has 132 valence electrons. The Kier molecular flexibility index (Phi) is 6.27. The number of likely N-dealkylation sites (tertiary alicyclic amines) is 1. The Morgan fingerprint density at radius 2 is 1.88 bits per heavy atom. The van der Waals surface area contributed by atoms with Crippen LogP contribution in [-0.2, 0) is 4.79 Å². The third kappa shape index (κ3) is 4.58. The molecule has 3 N–H and O–H groups in total. The molecular formula is C20H31N3O. The van der Waals surface area contributed by atoms with Crippen LogP contribution in [0, 0.1) is 11.8 Å². The highest BCUT2D eigenvalue weighted by atomic mass is 16.2. The van der Waals surface area contributed by atoms with E-state index in [4.69, 9.17) is 5.73 Å². The number of hydrogen-bond acceptors (Lipinski definition) is 3. The molecule has 0 aromatic heterocycles. The highest BCUT2D eigenvalue weighted by Gasteiger charge is 2.33. The Morgan fingerprint density at radius 3 is 2.58 bits per heavy atom. The van der Waals surface area contributed by atoms with E-state index in [9.17, 15) is 4.79 Å². The number of carbonyl (C=O) groups is 1. The fourth-order valence-corrected chi connectivity index (χ4v) is 4.31. The number of nitrogens with two attached hydrogens (primary N) is 1. The van der Waals surface area contributed by atoms with Crippen LogP contribution in [0.2, 0.25) is 0 Å². The van der Waals surface area contributed by atoms with Crippen LogP contribution < -0.4 is 11.1 Å². The molecule has 2 fully saturated rings. The Balaban J connectivity index is 1.47. The first kappa shape index (κ1) is 17.4. The molecule has 1 saturated carbocycles. The average molecular weight is 329 g/mol. The van der Waals surface area contributed by atoms with E-state index < -0.39 is 0 Å². The van der Waals surface area contributed by atoms with Gasteiger partial charge in [-0.1, -0.05) is 49.6 Å². The zero-order valence-electron chi connectivity index (χ0n) is 14.6. The molecule has 1 saturated heterocycles. The van der Waals surface area contributed by atoms with Crippen molar-refractivity contribution in [3.63, 3.8) is 0 Å². The number of nitrogens with one attached hydrogen (secondary N) is 1. The number of nitrogens with zero attached hydrogens (tertiary/aromatic N) is 1. The molecule has 1 aromatic carbocycles. The minimum absolute atomic E-state index is 0.171. The third-order valence-electron chi connectivity index (χ3n) is 5.73. The van der Waals surface area contributed by atoms with Gasteiger partial charge < -0.3 is 11.1 Å². The van der Waals surface area contributed by atoms with Crippen molar-refractivity contribution in [2.45, 2.75) is 38.0 Å². The van der Waals surface area contributed by atoms with Crippen LogP contribution in [-0.4, -0.2) is 43.5 Å². The number of amides is 1. The fourth-order valence-electron chi connectivity index (χ4n) is 4.31. The Bertz CT molecular complexity index is 513. The molecule has 24 heavy (non-hydrogen) atoms. The van der Waals surface area contributed by atoms with Crippen molar-refractivity contribution in [3.05, 3.63) is 35.9 Å². The third-order valence-corrected chi connectivity index (χ3v) is 5.73. The van der Waals surface area contributed by atoms with Gasteiger partial charge in [0.15, 0.2) is 0 Å². The topological polar surface area (TPSA) is 58.4 Å². The standard InChI is InChI=1S/C20H31N3O/c21-11-18-13-23(14-19(18)17-9-5-2-6-10-17)15-20(24)22-12-16-7-3-1-4-8-16/h2,5-6,9-10,16,18-19H,1,3-4,7-8,11-15,21H2,(H,22,24)/t18-,19+/m1/s1. The van der Waals surface area contributed by atoms with E-state index in [1.807, 2.05) is 6.07 Å². The van der Waals surface area contributed by atoms with Gasteiger partial charge in [0, 0.05) is 25.6 Å². The lowest BCUT2D eigenvalue weighted by molar-refractivity contribution is -0.122. The van der Waals surface area contributed by atoms with Gasteiger partial charge in [0.2, 0.25) is 5.91 Å². The van der Waals surface area contributed by atoms with Crippen LogP contribution in [0.15, 0.2) is 30.3 Å². The van der Waals surface area contributed by atoms with E-state index in [2.05, 4.69) is 34.5 Å². The van der Waals surface area contributed by atoms with Gasteiger partial charge in [0.05, 0.1) is 6.54 Å². The molecule has 1 aliphatic heterocycles. The van der Waals surface area contributed by atoms with Crippen molar-refractivity contribution in [2.24, 2.45) is 17.6 Å². The number of rotatable bonds is 6. The molecule has 0 spiro atoms. The second kappa shape index (κ2) is 8.63. The average Bonchev–Trinajstić information content (AvgIpc) is 3.04. The van der Waals surface area contributed by atoms with Crippen LogP contribution in [0.1, 0.15) is 43.6 Å². The first-order chi connectivity index (χ1) is 11.8. The lowest BCUT2D eigenvalue weighted by Crippen LogP contribution is -2.38. The molecule has 2 aliphatic rings. The zero-order chi connectivity index (χ0) is 16.8. The van der Waals surface area contributed by atoms with Gasteiger partial charge in [-0.25, -0.2) is 0 Å². The van der Waals surface area contributed by atoms with E-state index in [1.54, 1.807) is 0 Å². The van der Waals surface area contributed by atoms with E-state index in [1.165, 1.54) is 37.7 Å². The first-order valence-corrected chi connectivity index (χ1v) is 9.50. The largest absolute Gasteiger partial charge is 0.355 e. The summed E-state index contributed by atoms with van der Waals surface area (Å²) in [5.74, 6) is 1.75. The summed E-state index contributed by atoms with van der Waals surface area (Å²) in [4.78, 5) is 14.6. The predicted molar refractivity (Wildman–Crippen MR) is 97.8 cm³/mol. The van der Waals surface area contributed by atoms with Gasteiger partial charge in [-0.05, 0) is 36.8 Å². The van der Waals surface area contributed by atoms with Crippen molar-refractivity contribution in [2.75, 3.05) is 32.7 Å². The Morgan fingerprint density at radius 1 is 1.12 bits per heavy atom. The minimum atomic E-state index is 0.171. The monoisotopic (exact) mass is 329 g/mol. The molecule has 2 atom stereocenters. The lowest BCUT2D eigenvalue weighted by Gasteiger charge is -2.22. The molecule has 1 aromatic rings. The minimum Gasteiger partial charge on any atom is -0.355 e. The quantitative estimate of drug-likeness (QED) is 0.842. The molecule has 3 rings (SSSR count). The van der Waals surface area contributed by atoms with Crippen LogP contribution in [0.3, 0.4) is 0 Å². The van der Waals surface area contributed by atoms with Crippen molar-refractivity contribution in [1.82, 2.24) is 10.2 Å². The number of benzene rings is 1. The van der Waals surface area contributed by atoms with Gasteiger partial charge in [0.25, 0.3) is 0 Å². The van der Waals surface area contributed by atoms with Gasteiger partial charge in [0.1, 0.15) is 0 Å². The van der Waals surface area contributed by atoms with E-state index in [0.717, 1.165) is 19.6 Å². The second-order valence-electron chi connectivity index (χ2n) is 7.52. The molecule has 4 heteroatoms. The van der Waals surface area contributed by atoms with Crippen molar-refractivity contribution in [3.8, 4) is 0 Å². The number of carbonyl (C=O) groups excluding carboxylic acids is 1. The van der Waals surface area contributed by atoms with Crippen molar-refractivity contribution >= 4 is 5.91 Å². The van der Waals surface area contributed by atoms with Crippen LogP contribution >= 0.6 is 0 Å². The zero-order valence-corrected chi connectivity index (χ0v) is 14.6. The fraction of sp³-hybridized carbons (Fsp3) is 0.650. The first-order valence-electron chi connectivity index (χ1n) is 9.50. The number of hydrogen-bond donors (Lipinski definition) is 2. The summed E-state index contributed by atoms with van der Waals surface area (Å²) in [6.07, 6.45) is 6.55. The molecule has 4 nitrogen and oxygen atoms in total. The maximum Gasteiger partial charge on any atom is 0.234 e. The lowest BCUT2D eigenvalue weighted by atomic mass is 9.89. The maximum absolute atomic E-state index is 12.3. The summed E-state index contributed by atoms with van der Waals surface area (Å²) in [5, 5.41) is 3.15.